The third-order valence-electron chi connectivity index (χ3n) is 2.93. The Labute approximate surface area is 120 Å². The molecule has 0 saturated carbocycles. The van der Waals surface area contributed by atoms with Gasteiger partial charge >= 0.3 is 0 Å². The molecule has 7 heteroatoms. The summed E-state index contributed by atoms with van der Waals surface area (Å²) >= 11 is 0. The first-order chi connectivity index (χ1) is 9.45. The molecule has 0 aromatic heterocycles. The summed E-state index contributed by atoms with van der Waals surface area (Å²) in [6, 6.07) is 6.50. The van der Waals surface area contributed by atoms with Gasteiger partial charge < -0.3 is 16.3 Å². The maximum atomic E-state index is 11.9. The number of amidine groups is 1. The quantitative estimate of drug-likeness (QED) is 0.310. The van der Waals surface area contributed by atoms with Crippen molar-refractivity contribution in [2.24, 2.45) is 10.9 Å². The average Bonchev–Trinajstić information content (AvgIpc) is 2.46. The number of nitrogens with one attached hydrogen (secondary N) is 1. The fourth-order valence-electron chi connectivity index (χ4n) is 1.53. The van der Waals surface area contributed by atoms with E-state index >= 15 is 0 Å². The highest BCUT2D eigenvalue weighted by Crippen LogP contribution is 2.05. The van der Waals surface area contributed by atoms with E-state index in [1.54, 1.807) is 30.5 Å². The first-order valence-electron chi connectivity index (χ1n) is 6.14. The summed E-state index contributed by atoms with van der Waals surface area (Å²) in [4.78, 5) is 11.9. The minimum absolute atomic E-state index is 0.0406. The first kappa shape index (κ1) is 16.2. The summed E-state index contributed by atoms with van der Waals surface area (Å²) < 4.78 is 11.2. The van der Waals surface area contributed by atoms with E-state index in [9.17, 15) is 9.00 Å². The van der Waals surface area contributed by atoms with Gasteiger partial charge in [-0.3, -0.25) is 9.00 Å². The molecule has 6 nitrogen and oxygen atoms in total. The van der Waals surface area contributed by atoms with E-state index in [-0.39, 0.29) is 17.0 Å². The molecule has 0 aliphatic heterocycles. The Hall–Kier alpha value is -1.89. The maximum absolute atomic E-state index is 11.9. The van der Waals surface area contributed by atoms with Gasteiger partial charge in [0, 0.05) is 40.0 Å². The summed E-state index contributed by atoms with van der Waals surface area (Å²) in [6.07, 6.45) is 2.29. The Morgan fingerprint density at radius 1 is 1.50 bits per heavy atom. The highest BCUT2D eigenvalue weighted by atomic mass is 32.2. The number of carbonyl (C=O) groups is 1. The van der Waals surface area contributed by atoms with Crippen molar-refractivity contribution in [1.29, 1.82) is 0 Å². The molecule has 0 fully saturated rings. The fourth-order valence-corrected chi connectivity index (χ4v) is 1.98. The zero-order valence-corrected chi connectivity index (χ0v) is 12.3. The molecule has 1 aromatic carbocycles. The van der Waals surface area contributed by atoms with Crippen LogP contribution in [-0.4, -0.2) is 39.2 Å². The van der Waals surface area contributed by atoms with E-state index in [1.165, 1.54) is 0 Å². The van der Waals surface area contributed by atoms with Crippen LogP contribution in [0.4, 0.5) is 0 Å². The Balaban J connectivity index is 2.62. The molecule has 1 rings (SSSR count). The van der Waals surface area contributed by atoms with E-state index in [2.05, 4.69) is 10.5 Å². The van der Waals surface area contributed by atoms with Crippen LogP contribution in [0.2, 0.25) is 0 Å². The van der Waals surface area contributed by atoms with E-state index in [4.69, 9.17) is 10.9 Å². The SMILES string of the molecule is CC(CCNC(=O)c1cccc(/C(N)=N/O)c1)S(C)=O. The lowest BCUT2D eigenvalue weighted by Gasteiger charge is -2.09. The fraction of sp³-hybridized carbons (Fsp3) is 0.385. The lowest BCUT2D eigenvalue weighted by molar-refractivity contribution is 0.0953. The smallest absolute Gasteiger partial charge is 0.251 e. The second-order valence-corrected chi connectivity index (χ2v) is 6.22. The third kappa shape index (κ3) is 4.65. The van der Waals surface area contributed by atoms with Crippen LogP contribution in [0.5, 0.6) is 0 Å². The minimum atomic E-state index is -0.892. The number of nitrogens with zero attached hydrogens (tertiary/aromatic N) is 1. The van der Waals surface area contributed by atoms with Gasteiger partial charge in [-0.25, -0.2) is 0 Å². The highest BCUT2D eigenvalue weighted by Gasteiger charge is 2.10. The van der Waals surface area contributed by atoms with Crippen molar-refractivity contribution in [3.05, 3.63) is 35.4 Å². The third-order valence-corrected chi connectivity index (χ3v) is 4.30. The molecule has 4 N–H and O–H groups in total. The largest absolute Gasteiger partial charge is 0.409 e. The van der Waals surface area contributed by atoms with E-state index in [1.807, 2.05) is 6.92 Å². The highest BCUT2D eigenvalue weighted by molar-refractivity contribution is 7.84. The molecule has 0 bridgehead atoms. The molecule has 2 atom stereocenters. The molecule has 0 aliphatic carbocycles. The molecular weight excluding hydrogens is 278 g/mol. The maximum Gasteiger partial charge on any atom is 0.251 e. The van der Waals surface area contributed by atoms with Gasteiger partial charge in [0.05, 0.1) is 0 Å². The normalized spacial score (nSPS) is 14.6. The zero-order chi connectivity index (χ0) is 15.1. The zero-order valence-electron chi connectivity index (χ0n) is 11.5. The predicted molar refractivity (Wildman–Crippen MR) is 79.4 cm³/mol. The predicted octanol–water partition coefficient (Wildman–Crippen LogP) is 0.668. The Morgan fingerprint density at radius 2 is 2.15 bits per heavy atom. The number of benzene rings is 1. The van der Waals surface area contributed by atoms with Crippen molar-refractivity contribution in [3.8, 4) is 0 Å². The van der Waals surface area contributed by atoms with Gasteiger partial charge in [-0.15, -0.1) is 0 Å². The average molecular weight is 297 g/mol. The molecule has 0 radical (unpaired) electrons. The van der Waals surface area contributed by atoms with E-state index in [0.717, 1.165) is 0 Å². The van der Waals surface area contributed by atoms with Crippen LogP contribution in [0.15, 0.2) is 29.4 Å². The summed E-state index contributed by atoms with van der Waals surface area (Å²) in [5, 5.41) is 14.3. The molecule has 0 saturated heterocycles. The van der Waals surface area contributed by atoms with Crippen LogP contribution in [0.25, 0.3) is 0 Å². The number of amides is 1. The van der Waals surface area contributed by atoms with Crippen molar-refractivity contribution in [3.63, 3.8) is 0 Å². The molecule has 20 heavy (non-hydrogen) atoms. The van der Waals surface area contributed by atoms with Gasteiger partial charge in [-0.2, -0.15) is 0 Å². The summed E-state index contributed by atoms with van der Waals surface area (Å²) in [6.45, 7) is 2.33. The molecular formula is C13H19N3O3S. The van der Waals surface area contributed by atoms with Gasteiger partial charge in [0.25, 0.3) is 5.91 Å². The monoisotopic (exact) mass is 297 g/mol. The van der Waals surface area contributed by atoms with Crippen LogP contribution >= 0.6 is 0 Å². The number of hydrogen-bond donors (Lipinski definition) is 3. The molecule has 1 amide bonds. The minimum Gasteiger partial charge on any atom is -0.409 e. The van der Waals surface area contributed by atoms with Crippen molar-refractivity contribution in [2.75, 3.05) is 12.8 Å². The van der Waals surface area contributed by atoms with Crippen LogP contribution in [0.1, 0.15) is 29.3 Å². The Morgan fingerprint density at radius 3 is 2.75 bits per heavy atom. The summed E-state index contributed by atoms with van der Waals surface area (Å²) in [5.41, 5.74) is 6.38. The van der Waals surface area contributed by atoms with Crippen LogP contribution in [-0.2, 0) is 10.8 Å². The van der Waals surface area contributed by atoms with Gasteiger partial charge in [0.1, 0.15) is 0 Å². The van der Waals surface area contributed by atoms with Crippen LogP contribution < -0.4 is 11.1 Å². The molecule has 0 heterocycles. The lowest BCUT2D eigenvalue weighted by Crippen LogP contribution is -2.27. The number of carbonyl (C=O) groups excluding carboxylic acids is 1. The first-order valence-corrected chi connectivity index (χ1v) is 7.76. The van der Waals surface area contributed by atoms with Crippen molar-refractivity contribution < 1.29 is 14.2 Å². The Bertz CT molecular complexity index is 531. The summed E-state index contributed by atoms with van der Waals surface area (Å²) in [7, 11) is -0.892. The van der Waals surface area contributed by atoms with Gasteiger partial charge in [-0.05, 0) is 18.6 Å². The number of rotatable bonds is 6. The van der Waals surface area contributed by atoms with Crippen molar-refractivity contribution in [2.45, 2.75) is 18.6 Å². The second-order valence-electron chi connectivity index (χ2n) is 4.42. The standard InChI is InChI=1S/C13H19N3O3S/c1-9(20(2)19)6-7-15-13(17)11-5-3-4-10(8-11)12(14)16-18/h3-5,8-9,18H,6-7H2,1-2H3,(H2,14,16)(H,15,17). The topological polar surface area (TPSA) is 105 Å². The van der Waals surface area contributed by atoms with Crippen molar-refractivity contribution >= 4 is 22.5 Å². The van der Waals surface area contributed by atoms with Crippen LogP contribution in [0.3, 0.4) is 0 Å². The second kappa shape index (κ2) is 7.64. The van der Waals surface area contributed by atoms with E-state index in [0.29, 0.717) is 24.1 Å². The molecule has 1 aromatic rings. The lowest BCUT2D eigenvalue weighted by atomic mass is 10.1. The molecule has 0 spiro atoms. The van der Waals surface area contributed by atoms with Gasteiger partial charge in [-0.1, -0.05) is 24.2 Å². The Kier molecular flexibility index (Phi) is 6.17. The number of oxime groups is 1. The number of nitrogens with two attached hydrogens (primary N) is 1. The summed E-state index contributed by atoms with van der Waals surface area (Å²) in [5.74, 6) is -0.290. The van der Waals surface area contributed by atoms with Gasteiger partial charge in [0.2, 0.25) is 0 Å². The molecule has 2 unspecified atom stereocenters. The van der Waals surface area contributed by atoms with Gasteiger partial charge in [0.15, 0.2) is 5.84 Å². The number of hydrogen-bond acceptors (Lipinski definition) is 4. The van der Waals surface area contributed by atoms with Crippen molar-refractivity contribution in [1.82, 2.24) is 5.32 Å². The van der Waals surface area contributed by atoms with E-state index < -0.39 is 10.8 Å². The molecule has 110 valence electrons. The molecule has 0 aliphatic rings. The van der Waals surface area contributed by atoms with Crippen LogP contribution in [0, 0.1) is 0 Å².